The predicted octanol–water partition coefficient (Wildman–Crippen LogP) is -8.33. The Morgan fingerprint density at radius 2 is 1.35 bits per heavy atom. The van der Waals surface area contributed by atoms with Gasteiger partial charge in [0.25, 0.3) is 5.79 Å². The van der Waals surface area contributed by atoms with Gasteiger partial charge in [0.05, 0.1) is 50.2 Å². The van der Waals surface area contributed by atoms with Crippen LogP contribution in [-0.2, 0) is 62.1 Å². The minimum absolute atomic E-state index is 0.670. The molecule has 0 bridgehead atoms. The number of nitrogens with one attached hydrogen (secondary N) is 2. The van der Waals surface area contributed by atoms with Crippen molar-refractivity contribution in [1.29, 1.82) is 0 Å². The van der Waals surface area contributed by atoms with Gasteiger partial charge >= 0.3 is 16.4 Å². The van der Waals surface area contributed by atoms with Crippen LogP contribution in [-0.4, -0.2) is 235 Å². The number of ether oxygens (including phenoxy) is 7. The molecule has 0 saturated carbocycles. The lowest BCUT2D eigenvalue weighted by Gasteiger charge is -2.51. The van der Waals surface area contributed by atoms with Gasteiger partial charge in [-0.2, -0.15) is 8.42 Å². The van der Waals surface area contributed by atoms with Gasteiger partial charge in [-0.3, -0.25) is 14.1 Å². The van der Waals surface area contributed by atoms with E-state index in [-0.39, 0.29) is 0 Å². The zero-order chi connectivity index (χ0) is 45.2. The van der Waals surface area contributed by atoms with Crippen molar-refractivity contribution >= 4 is 28.2 Å². The van der Waals surface area contributed by atoms with Crippen molar-refractivity contribution in [2.75, 3.05) is 19.8 Å². The predicted molar refractivity (Wildman–Crippen MR) is 187 cm³/mol. The fourth-order valence-corrected chi connectivity index (χ4v) is 7.68. The van der Waals surface area contributed by atoms with E-state index in [1.165, 1.54) is 13.8 Å². The summed E-state index contributed by atoms with van der Waals surface area (Å²) in [5.41, 5.74) is 0. The molecule has 28 heteroatoms. The first-order valence-electron chi connectivity index (χ1n) is 18.5. The Balaban J connectivity index is 1.77. The highest BCUT2D eigenvalue weighted by atomic mass is 32.3. The quantitative estimate of drug-likeness (QED) is 0.0640. The van der Waals surface area contributed by atoms with Crippen LogP contribution in [0.4, 0.5) is 0 Å². The average Bonchev–Trinajstić information content (AvgIpc) is 3.16. The van der Waals surface area contributed by atoms with Gasteiger partial charge in [-0.05, 0) is 13.8 Å². The van der Waals surface area contributed by atoms with Crippen molar-refractivity contribution in [3.8, 4) is 0 Å². The number of amides is 2. The minimum atomic E-state index is -5.29. The number of aliphatic hydroxyl groups excluding tert-OH is 10. The highest BCUT2D eigenvalue weighted by molar-refractivity contribution is 7.80. The van der Waals surface area contributed by atoms with Crippen LogP contribution in [0.25, 0.3) is 0 Å². The number of aliphatic hydroxyl groups is 10. The first-order chi connectivity index (χ1) is 27.9. The largest absolute Gasteiger partial charge is 0.477 e. The van der Waals surface area contributed by atoms with Crippen LogP contribution >= 0.6 is 0 Å². The SMILES string of the molecule is CC(=O)NC1[C@H](C)OC(CO)[C@@H](O[C@@H]2OC(COS(=O)(=O)O)[C@H](O)[C@H](O[C@]3(C(=O)O)C[C@@H](O)[C@@H](NC(C)=O)C([C@H](O)[C@H](O)CO)O3)C2O)[C@@H]1O[C@@H]1OC(C)[C@@H](O)[C@H](O)C1O. The average molecular weight is 899 g/mol. The first kappa shape index (κ1) is 50.2. The molecule has 0 aliphatic carbocycles. The van der Waals surface area contributed by atoms with E-state index in [1.807, 2.05) is 0 Å². The lowest BCUT2D eigenvalue weighted by Crippen LogP contribution is -2.71. The number of carbonyl (C=O) groups is 3. The Morgan fingerprint density at radius 1 is 0.767 bits per heavy atom. The molecule has 2 amide bonds. The Bertz CT molecular complexity index is 1580. The van der Waals surface area contributed by atoms with Crippen LogP contribution in [0.1, 0.15) is 34.1 Å². The second-order valence-electron chi connectivity index (χ2n) is 14.9. The number of hydrogen-bond acceptors (Lipinski definition) is 23. The van der Waals surface area contributed by atoms with Gasteiger partial charge in [0, 0.05) is 20.3 Å². The number of carboxylic acid groups (broad SMARTS) is 1. The number of carboxylic acids is 1. The summed E-state index contributed by atoms with van der Waals surface area (Å²) < 4.78 is 77.3. The van der Waals surface area contributed by atoms with E-state index in [1.54, 1.807) is 0 Å². The molecular formula is C32H54N2O25S. The molecule has 21 atom stereocenters. The number of carbonyl (C=O) groups excluding carboxylic acids is 2. The summed E-state index contributed by atoms with van der Waals surface area (Å²) in [5.74, 6) is -6.82. The van der Waals surface area contributed by atoms with E-state index in [9.17, 15) is 83.5 Å². The molecule has 4 fully saturated rings. The molecule has 4 aliphatic rings. The standard InChI is InChI=1S/C32H54N2O25S/c1-9-17(33-11(3)37)27(57-29-23(45)22(44)19(41)10(2)54-29)25(15(7-36)53-9)56-30-24(46)28(21(43)16(55-30)8-52-60(49,50)51)59-32(31(47)48)5-13(39)18(34-12(4)38)26(58-32)20(42)14(40)6-35/h9-10,13-30,35-36,39-46H,5-8H2,1-4H3,(H,33,37)(H,34,38)(H,47,48)(H,49,50,51)/t9-,10?,13+,14+,15?,16?,17?,18+,19+,20+,21-,22-,23?,24?,25+,26?,27+,28-,29-,30-,32-/m0/s1. The minimum Gasteiger partial charge on any atom is -0.477 e. The Kier molecular flexibility index (Phi) is 17.1. The zero-order valence-electron chi connectivity index (χ0n) is 32.5. The highest BCUT2D eigenvalue weighted by Crippen LogP contribution is 2.39. The van der Waals surface area contributed by atoms with Gasteiger partial charge in [0.15, 0.2) is 12.6 Å². The highest BCUT2D eigenvalue weighted by Gasteiger charge is 2.60. The summed E-state index contributed by atoms with van der Waals surface area (Å²) in [6.07, 6.45) is -35.2. The molecule has 4 rings (SSSR count). The zero-order valence-corrected chi connectivity index (χ0v) is 33.3. The molecule has 348 valence electrons. The molecule has 0 aromatic heterocycles. The van der Waals surface area contributed by atoms with Crippen molar-refractivity contribution in [3.63, 3.8) is 0 Å². The van der Waals surface area contributed by atoms with E-state index >= 15 is 0 Å². The van der Waals surface area contributed by atoms with Crippen LogP contribution in [0.5, 0.6) is 0 Å². The van der Waals surface area contributed by atoms with Crippen molar-refractivity contribution in [2.45, 2.75) is 162 Å². The second kappa shape index (κ2) is 20.4. The molecule has 4 heterocycles. The fourth-order valence-electron chi connectivity index (χ4n) is 7.38. The molecular weight excluding hydrogens is 844 g/mol. The van der Waals surface area contributed by atoms with E-state index in [2.05, 4.69) is 14.8 Å². The Labute approximate surface area is 341 Å². The molecule has 0 aromatic carbocycles. The number of rotatable bonds is 16. The maximum absolute atomic E-state index is 13.0. The lowest BCUT2D eigenvalue weighted by molar-refractivity contribution is -0.385. The maximum Gasteiger partial charge on any atom is 0.397 e. The van der Waals surface area contributed by atoms with Crippen molar-refractivity contribution in [2.24, 2.45) is 0 Å². The Morgan fingerprint density at radius 3 is 1.90 bits per heavy atom. The maximum atomic E-state index is 13.0. The van der Waals surface area contributed by atoms with Gasteiger partial charge in [-0.1, -0.05) is 0 Å². The molecule has 0 radical (unpaired) electrons. The third-order valence-corrected chi connectivity index (χ3v) is 10.9. The van der Waals surface area contributed by atoms with Gasteiger partial charge in [-0.25, -0.2) is 8.98 Å². The molecule has 0 aromatic rings. The summed E-state index contributed by atoms with van der Waals surface area (Å²) in [7, 11) is -5.29. The molecule has 60 heavy (non-hydrogen) atoms. The first-order valence-corrected chi connectivity index (χ1v) is 19.9. The summed E-state index contributed by atoms with van der Waals surface area (Å²) in [5, 5.41) is 122. The molecule has 4 saturated heterocycles. The van der Waals surface area contributed by atoms with Crippen molar-refractivity contribution < 1.29 is 121 Å². The monoisotopic (exact) mass is 898 g/mol. The molecule has 27 nitrogen and oxygen atoms in total. The van der Waals surface area contributed by atoms with Crippen LogP contribution < -0.4 is 10.6 Å². The van der Waals surface area contributed by atoms with Crippen molar-refractivity contribution in [3.05, 3.63) is 0 Å². The molecule has 7 unspecified atom stereocenters. The smallest absolute Gasteiger partial charge is 0.397 e. The summed E-state index contributed by atoms with van der Waals surface area (Å²) >= 11 is 0. The Hall–Kier alpha value is -2.40. The van der Waals surface area contributed by atoms with E-state index in [0.29, 0.717) is 0 Å². The van der Waals surface area contributed by atoms with Crippen LogP contribution in [0.3, 0.4) is 0 Å². The summed E-state index contributed by atoms with van der Waals surface area (Å²) in [6.45, 7) is 1.55. The molecule has 4 aliphatic heterocycles. The van der Waals surface area contributed by atoms with Gasteiger partial charge in [0.1, 0.15) is 79.4 Å². The lowest BCUT2D eigenvalue weighted by atomic mass is 9.88. The number of hydrogen-bond donors (Lipinski definition) is 14. The summed E-state index contributed by atoms with van der Waals surface area (Å²) in [6, 6.07) is -2.94. The third-order valence-electron chi connectivity index (χ3n) is 10.4. The molecule has 14 N–H and O–H groups in total. The van der Waals surface area contributed by atoms with Crippen LogP contribution in [0.15, 0.2) is 0 Å². The van der Waals surface area contributed by atoms with Gasteiger partial charge in [-0.15, -0.1) is 0 Å². The third kappa shape index (κ3) is 11.4. The number of aliphatic carboxylic acids is 1. The van der Waals surface area contributed by atoms with E-state index < -0.39 is 183 Å². The van der Waals surface area contributed by atoms with Gasteiger partial charge in [0.2, 0.25) is 11.8 Å². The topological polar surface area (TPSA) is 426 Å². The van der Waals surface area contributed by atoms with E-state index in [0.717, 1.165) is 13.8 Å². The van der Waals surface area contributed by atoms with Crippen LogP contribution in [0, 0.1) is 0 Å². The molecule has 0 spiro atoms. The normalized spacial score (nSPS) is 43.7. The fraction of sp³-hybridized carbons (Fsp3) is 0.906. The summed E-state index contributed by atoms with van der Waals surface area (Å²) in [4.78, 5) is 37.3. The second-order valence-corrected chi connectivity index (χ2v) is 16.0. The van der Waals surface area contributed by atoms with Crippen LogP contribution in [0.2, 0.25) is 0 Å². The van der Waals surface area contributed by atoms with Crippen molar-refractivity contribution in [1.82, 2.24) is 10.6 Å². The van der Waals surface area contributed by atoms with E-state index in [4.69, 9.17) is 33.2 Å². The van der Waals surface area contributed by atoms with Gasteiger partial charge < -0.3 is 100.0 Å².